The van der Waals surface area contributed by atoms with Gasteiger partial charge < -0.3 is 19.7 Å². The highest BCUT2D eigenvalue weighted by molar-refractivity contribution is 5.60. The van der Waals surface area contributed by atoms with Crippen molar-refractivity contribution in [2.45, 2.75) is 18.6 Å². The average Bonchev–Trinajstić information content (AvgIpc) is 3.35. The van der Waals surface area contributed by atoms with Gasteiger partial charge in [0.25, 0.3) is 5.56 Å². The van der Waals surface area contributed by atoms with E-state index in [0.717, 1.165) is 37.1 Å². The quantitative estimate of drug-likeness (QED) is 0.639. The molecule has 2 saturated heterocycles. The van der Waals surface area contributed by atoms with E-state index in [-0.39, 0.29) is 17.2 Å². The van der Waals surface area contributed by atoms with Gasteiger partial charge >= 0.3 is 0 Å². The smallest absolute Gasteiger partial charge is 0.255 e. The molecule has 9 heteroatoms. The van der Waals surface area contributed by atoms with Crippen LogP contribution in [0.4, 0.5) is 16.0 Å². The molecule has 4 heterocycles. The predicted molar refractivity (Wildman–Crippen MR) is 123 cm³/mol. The van der Waals surface area contributed by atoms with Gasteiger partial charge in [-0.05, 0) is 30.2 Å². The third kappa shape index (κ3) is 4.60. The van der Waals surface area contributed by atoms with Gasteiger partial charge in [0.1, 0.15) is 6.10 Å². The van der Waals surface area contributed by atoms with E-state index in [0.29, 0.717) is 37.4 Å². The maximum atomic E-state index is 14.3. The lowest BCUT2D eigenvalue weighted by Gasteiger charge is -2.34. The Morgan fingerprint density at radius 3 is 2.79 bits per heavy atom. The largest absolute Gasteiger partial charge is 0.380 e. The minimum Gasteiger partial charge on any atom is -0.380 e. The molecule has 2 aliphatic heterocycles. The summed E-state index contributed by atoms with van der Waals surface area (Å²) in [5.74, 6) is -0.0246. The Labute approximate surface area is 191 Å². The molecule has 0 amide bonds. The first-order valence-electron chi connectivity index (χ1n) is 11.1. The normalized spacial score (nSPS) is 20.7. The number of hydrogen-bond acceptors (Lipinski definition) is 7. The zero-order valence-electron chi connectivity index (χ0n) is 18.4. The van der Waals surface area contributed by atoms with Crippen molar-refractivity contribution in [3.8, 4) is 11.3 Å². The van der Waals surface area contributed by atoms with Gasteiger partial charge in [-0.2, -0.15) is 0 Å². The standard InChI is InChI=1S/C24H26FN5O3/c1-29-23(31)12-21(19-6-8-26-13-20(19)25)28-24(29)30-9-11-33-22(14-30)16-2-4-17(5-3-16)27-18-7-10-32-15-18/h2-6,8,12-13,18,22,27H,7,9-11,14-15H2,1H3/t18?,22-/m1/s1. The molecule has 5 rings (SSSR count). The number of anilines is 2. The van der Waals surface area contributed by atoms with E-state index in [4.69, 9.17) is 9.47 Å². The van der Waals surface area contributed by atoms with Crippen molar-refractivity contribution in [1.29, 1.82) is 0 Å². The molecule has 1 aromatic carbocycles. The Kier molecular flexibility index (Phi) is 6.06. The Morgan fingerprint density at radius 1 is 1.18 bits per heavy atom. The molecule has 0 spiro atoms. The molecular weight excluding hydrogens is 425 g/mol. The number of pyridine rings is 1. The second kappa shape index (κ2) is 9.29. The minimum atomic E-state index is -0.512. The summed E-state index contributed by atoms with van der Waals surface area (Å²) in [5, 5.41) is 3.49. The fraction of sp³-hybridized carbons (Fsp3) is 0.375. The SMILES string of the molecule is Cn1c(N2CCO[C@@H](c3ccc(NC4CCOC4)cc3)C2)nc(-c2ccncc2F)cc1=O. The first kappa shape index (κ1) is 21.5. The lowest BCUT2D eigenvalue weighted by molar-refractivity contribution is 0.0390. The number of benzene rings is 1. The lowest BCUT2D eigenvalue weighted by atomic mass is 10.1. The third-order valence-electron chi connectivity index (χ3n) is 6.09. The summed E-state index contributed by atoms with van der Waals surface area (Å²) in [6.07, 6.45) is 3.45. The van der Waals surface area contributed by atoms with Gasteiger partial charge in [-0.1, -0.05) is 12.1 Å². The molecule has 172 valence electrons. The van der Waals surface area contributed by atoms with Crippen molar-refractivity contribution in [3.63, 3.8) is 0 Å². The van der Waals surface area contributed by atoms with E-state index in [1.807, 2.05) is 4.90 Å². The molecule has 2 fully saturated rings. The van der Waals surface area contributed by atoms with Gasteiger partial charge in [-0.15, -0.1) is 0 Å². The highest BCUT2D eigenvalue weighted by Crippen LogP contribution is 2.27. The number of nitrogens with one attached hydrogen (secondary N) is 1. The van der Waals surface area contributed by atoms with Gasteiger partial charge in [0.2, 0.25) is 5.95 Å². The molecule has 8 nitrogen and oxygen atoms in total. The molecule has 33 heavy (non-hydrogen) atoms. The average molecular weight is 452 g/mol. The number of halogens is 1. The van der Waals surface area contributed by atoms with Crippen molar-refractivity contribution in [2.24, 2.45) is 7.05 Å². The van der Waals surface area contributed by atoms with Crippen LogP contribution in [0.5, 0.6) is 0 Å². The number of nitrogens with zero attached hydrogens (tertiary/aromatic N) is 4. The Morgan fingerprint density at radius 2 is 2.03 bits per heavy atom. The minimum absolute atomic E-state index is 0.166. The first-order valence-corrected chi connectivity index (χ1v) is 11.1. The molecule has 0 saturated carbocycles. The van der Waals surface area contributed by atoms with Gasteiger partial charge in [-0.3, -0.25) is 14.3 Å². The van der Waals surface area contributed by atoms with Crippen LogP contribution in [0.1, 0.15) is 18.1 Å². The number of morpholine rings is 1. The number of rotatable bonds is 5. The second-order valence-electron chi connectivity index (χ2n) is 8.33. The molecule has 0 aliphatic carbocycles. The molecule has 2 atom stereocenters. The molecule has 3 aromatic rings. The third-order valence-corrected chi connectivity index (χ3v) is 6.09. The number of ether oxygens (including phenoxy) is 2. The Balaban J connectivity index is 1.36. The van der Waals surface area contributed by atoms with Gasteiger partial charge in [0, 0.05) is 43.7 Å². The zero-order valence-corrected chi connectivity index (χ0v) is 18.4. The Hall–Kier alpha value is -3.30. The van der Waals surface area contributed by atoms with Crippen LogP contribution < -0.4 is 15.8 Å². The number of hydrogen-bond donors (Lipinski definition) is 1. The van der Waals surface area contributed by atoms with E-state index in [2.05, 4.69) is 39.6 Å². The lowest BCUT2D eigenvalue weighted by Crippen LogP contribution is -2.41. The van der Waals surface area contributed by atoms with Crippen molar-refractivity contribution in [3.05, 3.63) is 70.5 Å². The summed E-state index contributed by atoms with van der Waals surface area (Å²) >= 11 is 0. The topological polar surface area (TPSA) is 81.5 Å². The van der Waals surface area contributed by atoms with Crippen molar-refractivity contribution in [1.82, 2.24) is 14.5 Å². The highest BCUT2D eigenvalue weighted by Gasteiger charge is 2.25. The molecular formula is C24H26FN5O3. The monoisotopic (exact) mass is 451 g/mol. The Bertz CT molecular complexity index is 1180. The molecule has 1 N–H and O–H groups in total. The van der Waals surface area contributed by atoms with Crippen LogP contribution in [0.3, 0.4) is 0 Å². The summed E-state index contributed by atoms with van der Waals surface area (Å²) < 4.78 is 27.2. The second-order valence-corrected chi connectivity index (χ2v) is 8.33. The van der Waals surface area contributed by atoms with E-state index in [9.17, 15) is 9.18 Å². The van der Waals surface area contributed by atoms with E-state index >= 15 is 0 Å². The van der Waals surface area contributed by atoms with Crippen LogP contribution >= 0.6 is 0 Å². The fourth-order valence-electron chi connectivity index (χ4n) is 4.24. The molecule has 0 bridgehead atoms. The molecule has 2 aromatic heterocycles. The number of aromatic nitrogens is 3. The first-order chi connectivity index (χ1) is 16.1. The maximum Gasteiger partial charge on any atom is 0.255 e. The van der Waals surface area contributed by atoms with Crippen LogP contribution in [0.2, 0.25) is 0 Å². The summed E-state index contributed by atoms with van der Waals surface area (Å²) in [5.41, 5.74) is 2.40. The molecule has 1 unspecified atom stereocenters. The summed E-state index contributed by atoms with van der Waals surface area (Å²) in [6.45, 7) is 3.14. The van der Waals surface area contributed by atoms with Crippen molar-refractivity contribution < 1.29 is 13.9 Å². The zero-order chi connectivity index (χ0) is 22.8. The van der Waals surface area contributed by atoms with Crippen LogP contribution in [0.15, 0.2) is 53.6 Å². The highest BCUT2D eigenvalue weighted by atomic mass is 19.1. The van der Waals surface area contributed by atoms with Crippen LogP contribution in [-0.4, -0.2) is 53.5 Å². The van der Waals surface area contributed by atoms with Crippen molar-refractivity contribution in [2.75, 3.05) is 43.1 Å². The van der Waals surface area contributed by atoms with Gasteiger partial charge in [0.15, 0.2) is 5.82 Å². The van der Waals surface area contributed by atoms with E-state index in [1.54, 1.807) is 7.05 Å². The van der Waals surface area contributed by atoms with Crippen LogP contribution in [0, 0.1) is 5.82 Å². The summed E-state index contributed by atoms with van der Waals surface area (Å²) in [6, 6.07) is 11.4. The van der Waals surface area contributed by atoms with Gasteiger partial charge in [0.05, 0.1) is 37.7 Å². The van der Waals surface area contributed by atoms with Crippen LogP contribution in [0.25, 0.3) is 11.3 Å². The maximum absolute atomic E-state index is 14.3. The fourth-order valence-corrected chi connectivity index (χ4v) is 4.24. The van der Waals surface area contributed by atoms with E-state index < -0.39 is 5.82 Å². The predicted octanol–water partition coefficient (Wildman–Crippen LogP) is 2.76. The summed E-state index contributed by atoms with van der Waals surface area (Å²) in [4.78, 5) is 23.1. The van der Waals surface area contributed by atoms with E-state index in [1.165, 1.54) is 22.9 Å². The summed E-state index contributed by atoms with van der Waals surface area (Å²) in [7, 11) is 1.68. The van der Waals surface area contributed by atoms with Crippen LogP contribution in [-0.2, 0) is 16.5 Å². The van der Waals surface area contributed by atoms with Gasteiger partial charge in [-0.25, -0.2) is 9.37 Å². The van der Waals surface area contributed by atoms with Crippen molar-refractivity contribution >= 4 is 11.6 Å². The molecule has 0 radical (unpaired) electrons. The molecule has 2 aliphatic rings.